The Balaban J connectivity index is 2.37. The van der Waals surface area contributed by atoms with Crippen molar-refractivity contribution in [3.05, 3.63) is 0 Å². The summed E-state index contributed by atoms with van der Waals surface area (Å²) in [6.45, 7) is 9.54. The van der Waals surface area contributed by atoms with Gasteiger partial charge in [0.2, 0.25) is 0 Å². The van der Waals surface area contributed by atoms with E-state index in [1.54, 1.807) is 0 Å². The van der Waals surface area contributed by atoms with Crippen molar-refractivity contribution in [2.45, 2.75) is 40.0 Å². The SMILES string of the molecule is CC(C)CC1(C)CCNCC1. The van der Waals surface area contributed by atoms with E-state index in [0.717, 1.165) is 5.92 Å². The highest BCUT2D eigenvalue weighted by Crippen LogP contribution is 2.34. The van der Waals surface area contributed by atoms with E-state index in [0.29, 0.717) is 5.41 Å². The van der Waals surface area contributed by atoms with Gasteiger partial charge in [0, 0.05) is 0 Å². The van der Waals surface area contributed by atoms with E-state index in [2.05, 4.69) is 26.1 Å². The topological polar surface area (TPSA) is 12.0 Å². The summed E-state index contributed by atoms with van der Waals surface area (Å²) < 4.78 is 0. The van der Waals surface area contributed by atoms with Gasteiger partial charge in [-0.3, -0.25) is 0 Å². The van der Waals surface area contributed by atoms with Crippen LogP contribution in [0.4, 0.5) is 0 Å². The van der Waals surface area contributed by atoms with E-state index in [9.17, 15) is 0 Å². The summed E-state index contributed by atoms with van der Waals surface area (Å²) in [4.78, 5) is 0. The number of nitrogens with one attached hydrogen (secondary N) is 1. The first-order valence-corrected chi connectivity index (χ1v) is 4.83. The van der Waals surface area contributed by atoms with E-state index in [4.69, 9.17) is 0 Å². The van der Waals surface area contributed by atoms with Crippen LogP contribution in [-0.4, -0.2) is 13.1 Å². The average molecular weight is 155 g/mol. The van der Waals surface area contributed by atoms with Gasteiger partial charge in [-0.25, -0.2) is 0 Å². The van der Waals surface area contributed by atoms with Crippen LogP contribution in [0.15, 0.2) is 0 Å². The molecule has 11 heavy (non-hydrogen) atoms. The number of hydrogen-bond acceptors (Lipinski definition) is 1. The molecule has 1 heteroatoms. The standard InChI is InChI=1S/C10H21N/c1-9(2)8-10(3)4-6-11-7-5-10/h9,11H,4-8H2,1-3H3. The molecule has 0 spiro atoms. The maximum Gasteiger partial charge on any atom is -0.00437 e. The fraction of sp³-hybridized carbons (Fsp3) is 1.00. The lowest BCUT2D eigenvalue weighted by atomic mass is 9.75. The third-order valence-corrected chi connectivity index (χ3v) is 2.71. The zero-order valence-electron chi connectivity index (χ0n) is 8.11. The van der Waals surface area contributed by atoms with Crippen LogP contribution in [-0.2, 0) is 0 Å². The molecule has 1 heterocycles. The van der Waals surface area contributed by atoms with E-state index in [-0.39, 0.29) is 0 Å². The summed E-state index contributed by atoms with van der Waals surface area (Å²) in [6, 6.07) is 0. The van der Waals surface area contributed by atoms with E-state index < -0.39 is 0 Å². The zero-order valence-corrected chi connectivity index (χ0v) is 8.11. The number of piperidine rings is 1. The molecule has 1 rings (SSSR count). The Morgan fingerprint density at radius 2 is 1.82 bits per heavy atom. The molecule has 1 N–H and O–H groups in total. The summed E-state index contributed by atoms with van der Waals surface area (Å²) in [5, 5.41) is 3.41. The fourth-order valence-corrected chi connectivity index (χ4v) is 2.22. The van der Waals surface area contributed by atoms with Crippen LogP contribution in [0.1, 0.15) is 40.0 Å². The molecule has 0 unspecified atom stereocenters. The maximum absolute atomic E-state index is 3.41. The van der Waals surface area contributed by atoms with Gasteiger partial charge in [-0.15, -0.1) is 0 Å². The predicted molar refractivity (Wildman–Crippen MR) is 49.7 cm³/mol. The summed E-state index contributed by atoms with van der Waals surface area (Å²) in [5.41, 5.74) is 0.638. The molecule has 1 saturated heterocycles. The van der Waals surface area contributed by atoms with Crippen molar-refractivity contribution >= 4 is 0 Å². The van der Waals surface area contributed by atoms with Gasteiger partial charge in [0.25, 0.3) is 0 Å². The molecule has 0 aromatic carbocycles. The van der Waals surface area contributed by atoms with Gasteiger partial charge in [-0.1, -0.05) is 20.8 Å². The molecule has 0 bridgehead atoms. The maximum atomic E-state index is 3.41. The van der Waals surface area contributed by atoms with Crippen LogP contribution < -0.4 is 5.32 Å². The first-order valence-electron chi connectivity index (χ1n) is 4.83. The first kappa shape index (κ1) is 9.05. The normalized spacial score (nSPS) is 24.0. The van der Waals surface area contributed by atoms with E-state index in [1.807, 2.05) is 0 Å². The predicted octanol–water partition coefficient (Wildman–Crippen LogP) is 2.42. The van der Waals surface area contributed by atoms with Gasteiger partial charge >= 0.3 is 0 Å². The lowest BCUT2D eigenvalue weighted by Crippen LogP contribution is -2.35. The van der Waals surface area contributed by atoms with Crippen molar-refractivity contribution < 1.29 is 0 Å². The largest absolute Gasteiger partial charge is 0.317 e. The van der Waals surface area contributed by atoms with Crippen molar-refractivity contribution in [3.8, 4) is 0 Å². The van der Waals surface area contributed by atoms with E-state index >= 15 is 0 Å². The third-order valence-electron chi connectivity index (χ3n) is 2.71. The number of rotatable bonds is 2. The average Bonchev–Trinajstić information content (AvgIpc) is 1.85. The van der Waals surface area contributed by atoms with Gasteiger partial charge in [0.05, 0.1) is 0 Å². The molecule has 0 saturated carbocycles. The van der Waals surface area contributed by atoms with Gasteiger partial charge < -0.3 is 5.32 Å². The molecule has 1 fully saturated rings. The Morgan fingerprint density at radius 1 is 1.27 bits per heavy atom. The summed E-state index contributed by atoms with van der Waals surface area (Å²) in [7, 11) is 0. The minimum absolute atomic E-state index is 0.638. The molecule has 0 aromatic rings. The molecule has 1 aliphatic rings. The Morgan fingerprint density at radius 3 is 2.27 bits per heavy atom. The van der Waals surface area contributed by atoms with Gasteiger partial charge in [-0.05, 0) is 43.7 Å². The molecule has 66 valence electrons. The minimum Gasteiger partial charge on any atom is -0.317 e. The van der Waals surface area contributed by atoms with Crippen molar-refractivity contribution in [3.63, 3.8) is 0 Å². The van der Waals surface area contributed by atoms with Crippen molar-refractivity contribution in [2.75, 3.05) is 13.1 Å². The quantitative estimate of drug-likeness (QED) is 0.646. The third kappa shape index (κ3) is 2.82. The van der Waals surface area contributed by atoms with Gasteiger partial charge in [0.15, 0.2) is 0 Å². The molecule has 1 aliphatic heterocycles. The Hall–Kier alpha value is -0.0400. The summed E-state index contributed by atoms with van der Waals surface area (Å²) in [5.74, 6) is 0.859. The van der Waals surface area contributed by atoms with Crippen LogP contribution in [0.3, 0.4) is 0 Å². The van der Waals surface area contributed by atoms with Crippen LogP contribution >= 0.6 is 0 Å². The van der Waals surface area contributed by atoms with Crippen LogP contribution in [0, 0.1) is 11.3 Å². The molecule has 0 radical (unpaired) electrons. The molecule has 0 aliphatic carbocycles. The second kappa shape index (κ2) is 3.57. The smallest absolute Gasteiger partial charge is 0.00437 e. The molecule has 0 atom stereocenters. The Bertz CT molecular complexity index is 112. The highest BCUT2D eigenvalue weighted by Gasteiger charge is 2.26. The molecule has 0 amide bonds. The highest BCUT2D eigenvalue weighted by molar-refractivity contribution is 4.81. The summed E-state index contributed by atoms with van der Waals surface area (Å²) >= 11 is 0. The molecule has 0 aromatic heterocycles. The minimum atomic E-state index is 0.638. The fourth-order valence-electron chi connectivity index (χ4n) is 2.22. The monoisotopic (exact) mass is 155 g/mol. The second-order valence-electron chi connectivity index (χ2n) is 4.66. The van der Waals surface area contributed by atoms with Crippen molar-refractivity contribution in [2.24, 2.45) is 11.3 Å². The molecule has 1 nitrogen and oxygen atoms in total. The van der Waals surface area contributed by atoms with Crippen molar-refractivity contribution in [1.29, 1.82) is 0 Å². The van der Waals surface area contributed by atoms with Crippen LogP contribution in [0.2, 0.25) is 0 Å². The second-order valence-corrected chi connectivity index (χ2v) is 4.66. The Labute approximate surface area is 70.6 Å². The molecular formula is C10H21N. The zero-order chi connectivity index (χ0) is 8.32. The van der Waals surface area contributed by atoms with Crippen LogP contribution in [0.5, 0.6) is 0 Å². The first-order chi connectivity index (χ1) is 5.12. The summed E-state index contributed by atoms with van der Waals surface area (Å²) in [6.07, 6.45) is 4.13. The lowest BCUT2D eigenvalue weighted by Gasteiger charge is -2.35. The number of hydrogen-bond donors (Lipinski definition) is 1. The Kier molecular flexibility index (Phi) is 2.94. The highest BCUT2D eigenvalue weighted by atomic mass is 14.9. The van der Waals surface area contributed by atoms with Gasteiger partial charge in [-0.2, -0.15) is 0 Å². The lowest BCUT2D eigenvalue weighted by molar-refractivity contribution is 0.186. The molecular weight excluding hydrogens is 134 g/mol. The van der Waals surface area contributed by atoms with Gasteiger partial charge in [0.1, 0.15) is 0 Å². The van der Waals surface area contributed by atoms with E-state index in [1.165, 1.54) is 32.4 Å². The van der Waals surface area contributed by atoms with Crippen LogP contribution in [0.25, 0.3) is 0 Å². The van der Waals surface area contributed by atoms with Crippen molar-refractivity contribution in [1.82, 2.24) is 5.32 Å².